The highest BCUT2D eigenvalue weighted by Crippen LogP contribution is 2.26. The van der Waals surface area contributed by atoms with Crippen LogP contribution in [0.1, 0.15) is 5.56 Å². The molecule has 0 aliphatic rings. The summed E-state index contributed by atoms with van der Waals surface area (Å²) in [5.41, 5.74) is 0.693. The molecule has 21 heavy (non-hydrogen) atoms. The number of methoxy groups -OCH3 is 2. The molecule has 0 aromatic heterocycles. The van der Waals surface area contributed by atoms with E-state index in [9.17, 15) is 8.42 Å². The minimum Gasteiger partial charge on any atom is -0.383 e. The molecule has 1 aromatic rings. The lowest BCUT2D eigenvalue weighted by molar-refractivity contribution is 0.150. The van der Waals surface area contributed by atoms with Crippen LogP contribution in [0.25, 0.3) is 0 Å². The predicted octanol–water partition coefficient (Wildman–Crippen LogP) is 2.36. The minimum absolute atomic E-state index is 0.0505. The van der Waals surface area contributed by atoms with E-state index in [0.717, 1.165) is 0 Å². The second-order valence-corrected chi connectivity index (χ2v) is 6.87. The van der Waals surface area contributed by atoms with E-state index in [4.69, 9.17) is 32.7 Å². The summed E-state index contributed by atoms with van der Waals surface area (Å²) in [6.07, 6.45) is 0. The van der Waals surface area contributed by atoms with Crippen LogP contribution in [-0.2, 0) is 25.4 Å². The maximum atomic E-state index is 12.7. The van der Waals surface area contributed by atoms with Crippen molar-refractivity contribution in [3.63, 3.8) is 0 Å². The third kappa shape index (κ3) is 5.09. The molecular weight excluding hydrogens is 337 g/mol. The second-order valence-electron chi connectivity index (χ2n) is 4.29. The van der Waals surface area contributed by atoms with Crippen LogP contribution in [0.5, 0.6) is 0 Å². The van der Waals surface area contributed by atoms with Crippen LogP contribution in [-0.4, -0.2) is 53.2 Å². The van der Waals surface area contributed by atoms with Crippen LogP contribution < -0.4 is 0 Å². The minimum atomic E-state index is -3.73. The molecule has 0 unspecified atom stereocenters. The SMILES string of the molecule is COCCN(CCOC)S(=O)(=O)c1cc(CCl)ccc1Cl. The molecule has 0 radical (unpaired) electrons. The quantitative estimate of drug-likeness (QED) is 0.638. The van der Waals surface area contributed by atoms with Crippen molar-refractivity contribution < 1.29 is 17.9 Å². The van der Waals surface area contributed by atoms with Crippen LogP contribution >= 0.6 is 23.2 Å². The molecule has 8 heteroatoms. The topological polar surface area (TPSA) is 55.8 Å². The molecule has 0 bridgehead atoms. The van der Waals surface area contributed by atoms with Crippen LogP contribution in [0, 0.1) is 0 Å². The predicted molar refractivity (Wildman–Crippen MR) is 83.5 cm³/mol. The molecule has 0 aliphatic carbocycles. The Labute approximate surface area is 135 Å². The molecule has 1 aromatic carbocycles. The first kappa shape index (κ1) is 18.7. The molecule has 0 spiro atoms. The number of sulfonamides is 1. The van der Waals surface area contributed by atoms with E-state index >= 15 is 0 Å². The van der Waals surface area contributed by atoms with Gasteiger partial charge in [-0.1, -0.05) is 17.7 Å². The summed E-state index contributed by atoms with van der Waals surface area (Å²) in [6.45, 7) is 1.03. The van der Waals surface area contributed by atoms with Crippen molar-refractivity contribution in [1.29, 1.82) is 0 Å². The van der Waals surface area contributed by atoms with Gasteiger partial charge in [-0.25, -0.2) is 8.42 Å². The maximum absolute atomic E-state index is 12.7. The van der Waals surface area contributed by atoms with E-state index in [1.807, 2.05) is 0 Å². The number of rotatable bonds is 9. The number of benzene rings is 1. The van der Waals surface area contributed by atoms with Crippen molar-refractivity contribution in [2.24, 2.45) is 0 Å². The first-order valence-corrected chi connectivity index (χ1v) is 8.65. The summed E-state index contributed by atoms with van der Waals surface area (Å²) in [6, 6.07) is 4.73. The van der Waals surface area contributed by atoms with Crippen LogP contribution in [0.15, 0.2) is 23.1 Å². The molecule has 0 amide bonds. The van der Waals surface area contributed by atoms with E-state index in [2.05, 4.69) is 0 Å². The Bertz CT molecular complexity index is 543. The first-order valence-electron chi connectivity index (χ1n) is 6.29. The van der Waals surface area contributed by atoms with E-state index in [0.29, 0.717) is 5.56 Å². The standard InChI is InChI=1S/C13H19Cl2NO4S/c1-19-7-5-16(6-8-20-2)21(17,18)13-9-11(10-14)3-4-12(13)15/h3-4,9H,5-8,10H2,1-2H3. The average molecular weight is 356 g/mol. The zero-order valence-electron chi connectivity index (χ0n) is 12.0. The van der Waals surface area contributed by atoms with Gasteiger partial charge in [0.05, 0.1) is 18.2 Å². The fourth-order valence-corrected chi connectivity index (χ4v) is 3.81. The number of nitrogens with zero attached hydrogens (tertiary/aromatic N) is 1. The number of hydrogen-bond donors (Lipinski definition) is 0. The van der Waals surface area contributed by atoms with Gasteiger partial charge in [-0.2, -0.15) is 4.31 Å². The third-order valence-electron chi connectivity index (χ3n) is 2.86. The lowest BCUT2D eigenvalue weighted by Gasteiger charge is -2.22. The normalized spacial score (nSPS) is 12.0. The summed E-state index contributed by atoms with van der Waals surface area (Å²) in [5.74, 6) is 0.218. The zero-order valence-corrected chi connectivity index (χ0v) is 14.3. The molecule has 1 rings (SSSR count). The monoisotopic (exact) mass is 355 g/mol. The second kappa shape index (κ2) is 8.92. The maximum Gasteiger partial charge on any atom is 0.244 e. The Hall–Kier alpha value is -0.370. The van der Waals surface area contributed by atoms with Crippen molar-refractivity contribution in [2.75, 3.05) is 40.5 Å². The summed E-state index contributed by atoms with van der Waals surface area (Å²) >= 11 is 11.8. The van der Waals surface area contributed by atoms with Gasteiger partial charge in [0.2, 0.25) is 10.0 Å². The van der Waals surface area contributed by atoms with Crippen LogP contribution in [0.3, 0.4) is 0 Å². The fourth-order valence-electron chi connectivity index (χ4n) is 1.71. The molecular formula is C13H19Cl2NO4S. The Morgan fingerprint density at radius 2 is 1.71 bits per heavy atom. The highest BCUT2D eigenvalue weighted by molar-refractivity contribution is 7.89. The molecule has 5 nitrogen and oxygen atoms in total. The Kier molecular flexibility index (Phi) is 7.94. The Morgan fingerprint density at radius 1 is 1.14 bits per heavy atom. The largest absolute Gasteiger partial charge is 0.383 e. The van der Waals surface area contributed by atoms with Gasteiger partial charge in [-0.3, -0.25) is 0 Å². The van der Waals surface area contributed by atoms with E-state index in [1.54, 1.807) is 6.07 Å². The van der Waals surface area contributed by atoms with Crippen molar-refractivity contribution in [1.82, 2.24) is 4.31 Å². The molecule has 0 aliphatic heterocycles. The number of ether oxygens (including phenoxy) is 2. The zero-order chi connectivity index (χ0) is 15.9. The van der Waals surface area contributed by atoms with E-state index < -0.39 is 10.0 Å². The molecule has 0 saturated carbocycles. The van der Waals surface area contributed by atoms with Gasteiger partial charge in [0, 0.05) is 33.2 Å². The van der Waals surface area contributed by atoms with Crippen molar-refractivity contribution in [2.45, 2.75) is 10.8 Å². The molecule has 0 heterocycles. The van der Waals surface area contributed by atoms with E-state index in [-0.39, 0.29) is 42.1 Å². The van der Waals surface area contributed by atoms with Gasteiger partial charge in [-0.05, 0) is 17.7 Å². The Morgan fingerprint density at radius 3 is 2.19 bits per heavy atom. The summed E-state index contributed by atoms with van der Waals surface area (Å²) in [5, 5.41) is 0.170. The molecule has 0 saturated heterocycles. The number of alkyl halides is 1. The lowest BCUT2D eigenvalue weighted by Crippen LogP contribution is -2.36. The molecule has 0 fully saturated rings. The lowest BCUT2D eigenvalue weighted by atomic mass is 10.2. The number of hydrogen-bond acceptors (Lipinski definition) is 4. The first-order chi connectivity index (χ1) is 9.97. The van der Waals surface area contributed by atoms with Crippen molar-refractivity contribution >= 4 is 33.2 Å². The van der Waals surface area contributed by atoms with Gasteiger partial charge >= 0.3 is 0 Å². The van der Waals surface area contributed by atoms with Gasteiger partial charge in [0.1, 0.15) is 4.90 Å². The van der Waals surface area contributed by atoms with Gasteiger partial charge in [0.25, 0.3) is 0 Å². The van der Waals surface area contributed by atoms with Gasteiger partial charge in [0.15, 0.2) is 0 Å². The average Bonchev–Trinajstić information content (AvgIpc) is 2.47. The van der Waals surface area contributed by atoms with Gasteiger partial charge < -0.3 is 9.47 Å². The fraction of sp³-hybridized carbons (Fsp3) is 0.538. The molecule has 0 N–H and O–H groups in total. The third-order valence-corrected chi connectivity index (χ3v) is 5.55. The highest BCUT2D eigenvalue weighted by Gasteiger charge is 2.26. The number of halogens is 2. The molecule has 120 valence electrons. The summed E-state index contributed by atoms with van der Waals surface area (Å²) < 4.78 is 36.6. The van der Waals surface area contributed by atoms with Crippen LogP contribution in [0.2, 0.25) is 5.02 Å². The van der Waals surface area contributed by atoms with Crippen molar-refractivity contribution in [3.05, 3.63) is 28.8 Å². The summed E-state index contributed by atoms with van der Waals surface area (Å²) in [7, 11) is -0.694. The van der Waals surface area contributed by atoms with Crippen LogP contribution in [0.4, 0.5) is 0 Å². The van der Waals surface area contributed by atoms with E-state index in [1.165, 1.54) is 30.7 Å². The van der Waals surface area contributed by atoms with Crippen molar-refractivity contribution in [3.8, 4) is 0 Å². The highest BCUT2D eigenvalue weighted by atomic mass is 35.5. The Balaban J connectivity index is 3.14. The smallest absolute Gasteiger partial charge is 0.244 e. The summed E-state index contributed by atoms with van der Waals surface area (Å²) in [4.78, 5) is 0.0505. The van der Waals surface area contributed by atoms with Gasteiger partial charge in [-0.15, -0.1) is 11.6 Å². The molecule has 0 atom stereocenters.